The van der Waals surface area contributed by atoms with Crippen molar-refractivity contribution in [3.8, 4) is 0 Å². The monoisotopic (exact) mass is 343 g/mol. The molecule has 0 aromatic carbocycles. The van der Waals surface area contributed by atoms with E-state index in [1.165, 1.54) is 16.4 Å². The van der Waals surface area contributed by atoms with E-state index in [1.807, 2.05) is 16.8 Å². The van der Waals surface area contributed by atoms with Crippen LogP contribution in [0.5, 0.6) is 0 Å². The lowest BCUT2D eigenvalue weighted by Crippen LogP contribution is -2.29. The van der Waals surface area contributed by atoms with Gasteiger partial charge in [-0.15, -0.1) is 11.3 Å². The summed E-state index contributed by atoms with van der Waals surface area (Å²) in [4.78, 5) is 11.0. The molecular weight excluding hydrogens is 330 g/mol. The van der Waals surface area contributed by atoms with E-state index < -0.39 is 16.0 Å². The molecule has 8 heteroatoms. The average molecular weight is 343 g/mol. The van der Waals surface area contributed by atoms with Crippen LogP contribution in [0.4, 0.5) is 0 Å². The fourth-order valence-electron chi connectivity index (χ4n) is 2.51. The number of hydrogen-bond donors (Lipinski definition) is 1. The largest absolute Gasteiger partial charge is 0.477 e. The van der Waals surface area contributed by atoms with Crippen LogP contribution in [0, 0.1) is 0 Å². The lowest BCUT2D eigenvalue weighted by molar-refractivity contribution is 0.0702. The second kappa shape index (κ2) is 5.53. The van der Waals surface area contributed by atoms with E-state index in [0.717, 1.165) is 29.7 Å². The van der Waals surface area contributed by atoms with Gasteiger partial charge in [0.05, 0.1) is 6.04 Å². The van der Waals surface area contributed by atoms with Gasteiger partial charge in [-0.25, -0.2) is 13.2 Å². The van der Waals surface area contributed by atoms with Crippen molar-refractivity contribution in [2.45, 2.75) is 23.1 Å². The Bertz CT molecular complexity index is 748. The van der Waals surface area contributed by atoms with Crippen molar-refractivity contribution < 1.29 is 18.3 Å². The van der Waals surface area contributed by atoms with Crippen LogP contribution in [0.15, 0.2) is 33.2 Å². The summed E-state index contributed by atoms with van der Waals surface area (Å²) in [5.41, 5.74) is 1.01. The third kappa shape index (κ3) is 2.64. The Morgan fingerprint density at radius 3 is 2.76 bits per heavy atom. The van der Waals surface area contributed by atoms with Gasteiger partial charge in [0.1, 0.15) is 9.09 Å². The highest BCUT2D eigenvalue weighted by Crippen LogP contribution is 2.38. The van der Waals surface area contributed by atoms with Crippen molar-refractivity contribution in [2.24, 2.45) is 0 Å². The molecule has 0 radical (unpaired) electrons. The van der Waals surface area contributed by atoms with Gasteiger partial charge in [0.15, 0.2) is 0 Å². The van der Waals surface area contributed by atoms with Crippen LogP contribution >= 0.6 is 22.7 Å². The summed E-state index contributed by atoms with van der Waals surface area (Å²) in [5, 5.41) is 12.8. The molecule has 1 unspecified atom stereocenters. The maximum absolute atomic E-state index is 12.7. The lowest BCUT2D eigenvalue weighted by atomic mass is 10.1. The first kappa shape index (κ1) is 14.7. The van der Waals surface area contributed by atoms with Gasteiger partial charge in [-0.05, 0) is 47.4 Å². The molecule has 0 spiro atoms. The van der Waals surface area contributed by atoms with Gasteiger partial charge in [-0.2, -0.15) is 15.6 Å². The minimum Gasteiger partial charge on any atom is -0.477 e. The molecule has 0 aliphatic carbocycles. The van der Waals surface area contributed by atoms with Crippen molar-refractivity contribution in [1.82, 2.24) is 4.31 Å². The third-order valence-corrected chi connectivity index (χ3v) is 7.64. The predicted molar refractivity (Wildman–Crippen MR) is 81.5 cm³/mol. The molecule has 2 aromatic heterocycles. The zero-order valence-corrected chi connectivity index (χ0v) is 13.4. The van der Waals surface area contributed by atoms with Crippen LogP contribution in [0.25, 0.3) is 0 Å². The van der Waals surface area contributed by atoms with Crippen LogP contribution in [0.1, 0.15) is 34.1 Å². The van der Waals surface area contributed by atoms with Gasteiger partial charge in [0.2, 0.25) is 0 Å². The number of rotatable bonds is 4. The number of thiophene rings is 2. The molecule has 1 atom stereocenters. The topological polar surface area (TPSA) is 74.7 Å². The predicted octanol–water partition coefficient (Wildman–Crippen LogP) is 3.03. The van der Waals surface area contributed by atoms with Gasteiger partial charge in [0, 0.05) is 6.54 Å². The van der Waals surface area contributed by atoms with E-state index in [2.05, 4.69) is 0 Å². The summed E-state index contributed by atoms with van der Waals surface area (Å²) in [7, 11) is -3.63. The molecule has 0 amide bonds. The van der Waals surface area contributed by atoms with Crippen molar-refractivity contribution in [1.29, 1.82) is 0 Å². The van der Waals surface area contributed by atoms with Gasteiger partial charge in [-0.3, -0.25) is 0 Å². The standard InChI is InChI=1S/C13H13NO4S3/c15-13(16)11-3-4-12(20-11)21(17,18)14-6-1-2-10(14)9-5-7-19-8-9/h3-5,7-8,10H,1-2,6H2,(H,15,16). The number of carboxylic acid groups (broad SMARTS) is 1. The zero-order chi connectivity index (χ0) is 15.0. The van der Waals surface area contributed by atoms with Crippen molar-refractivity contribution in [3.63, 3.8) is 0 Å². The minimum atomic E-state index is -3.63. The summed E-state index contributed by atoms with van der Waals surface area (Å²) in [6, 6.07) is 4.53. The van der Waals surface area contributed by atoms with Crippen LogP contribution in [-0.2, 0) is 10.0 Å². The Kier molecular flexibility index (Phi) is 3.87. The fraction of sp³-hybridized carbons (Fsp3) is 0.308. The molecule has 1 fully saturated rings. The SMILES string of the molecule is O=C(O)c1ccc(S(=O)(=O)N2CCCC2c2ccsc2)s1. The summed E-state index contributed by atoms with van der Waals surface area (Å²) < 4.78 is 27.0. The molecule has 0 saturated carbocycles. The summed E-state index contributed by atoms with van der Waals surface area (Å²) >= 11 is 2.35. The molecule has 1 N–H and O–H groups in total. The molecule has 21 heavy (non-hydrogen) atoms. The second-order valence-corrected chi connectivity index (χ2v) is 8.74. The Hall–Kier alpha value is -1.22. The number of hydrogen-bond acceptors (Lipinski definition) is 5. The molecule has 2 aromatic rings. The Balaban J connectivity index is 1.95. The Labute approximate surface area is 130 Å². The summed E-state index contributed by atoms with van der Waals surface area (Å²) in [6.07, 6.45) is 1.62. The summed E-state index contributed by atoms with van der Waals surface area (Å²) in [5.74, 6) is -1.10. The van der Waals surface area contributed by atoms with E-state index in [1.54, 1.807) is 11.3 Å². The van der Waals surface area contributed by atoms with Crippen LogP contribution in [0.3, 0.4) is 0 Å². The number of carboxylic acids is 1. The average Bonchev–Trinajstić information content (AvgIpc) is 3.19. The van der Waals surface area contributed by atoms with Gasteiger partial charge >= 0.3 is 5.97 Å². The van der Waals surface area contributed by atoms with E-state index >= 15 is 0 Å². The smallest absolute Gasteiger partial charge is 0.345 e. The second-order valence-electron chi connectivity index (χ2n) is 4.75. The molecule has 1 saturated heterocycles. The highest BCUT2D eigenvalue weighted by atomic mass is 32.2. The number of sulfonamides is 1. The van der Waals surface area contributed by atoms with Crippen molar-refractivity contribution >= 4 is 38.7 Å². The molecule has 112 valence electrons. The van der Waals surface area contributed by atoms with Gasteiger partial charge < -0.3 is 5.11 Å². The van der Waals surface area contributed by atoms with Crippen molar-refractivity contribution in [3.05, 3.63) is 39.4 Å². The Morgan fingerprint density at radius 1 is 1.33 bits per heavy atom. The quantitative estimate of drug-likeness (QED) is 0.926. The lowest BCUT2D eigenvalue weighted by Gasteiger charge is -2.22. The summed E-state index contributed by atoms with van der Waals surface area (Å²) in [6.45, 7) is 0.475. The highest BCUT2D eigenvalue weighted by molar-refractivity contribution is 7.91. The van der Waals surface area contributed by atoms with Crippen LogP contribution in [-0.4, -0.2) is 30.3 Å². The molecular formula is C13H13NO4S3. The van der Waals surface area contributed by atoms with Crippen molar-refractivity contribution in [2.75, 3.05) is 6.54 Å². The molecule has 1 aliphatic rings. The first-order chi connectivity index (χ1) is 10.00. The molecule has 5 nitrogen and oxygen atoms in total. The van der Waals surface area contributed by atoms with Crippen LogP contribution in [0.2, 0.25) is 0 Å². The first-order valence-electron chi connectivity index (χ1n) is 6.37. The maximum atomic E-state index is 12.7. The molecule has 1 aliphatic heterocycles. The van der Waals surface area contributed by atoms with E-state index in [9.17, 15) is 13.2 Å². The molecule has 3 rings (SSSR count). The normalized spacial score (nSPS) is 19.9. The zero-order valence-electron chi connectivity index (χ0n) is 10.9. The van der Waals surface area contributed by atoms with E-state index in [-0.39, 0.29) is 15.1 Å². The van der Waals surface area contributed by atoms with Crippen LogP contribution < -0.4 is 0 Å². The number of carbonyl (C=O) groups is 1. The first-order valence-corrected chi connectivity index (χ1v) is 9.57. The number of nitrogens with zero attached hydrogens (tertiary/aromatic N) is 1. The van der Waals surface area contributed by atoms with Gasteiger partial charge in [0.25, 0.3) is 10.0 Å². The minimum absolute atomic E-state index is 0.0415. The molecule has 3 heterocycles. The Morgan fingerprint density at radius 2 is 2.14 bits per heavy atom. The maximum Gasteiger partial charge on any atom is 0.345 e. The van der Waals surface area contributed by atoms with Gasteiger partial charge in [-0.1, -0.05) is 0 Å². The third-order valence-electron chi connectivity index (χ3n) is 3.49. The number of aromatic carboxylic acids is 1. The molecule has 0 bridgehead atoms. The van der Waals surface area contributed by atoms with E-state index in [4.69, 9.17) is 5.11 Å². The fourth-order valence-corrected chi connectivity index (χ4v) is 6.18. The van der Waals surface area contributed by atoms with E-state index in [0.29, 0.717) is 6.54 Å². The highest BCUT2D eigenvalue weighted by Gasteiger charge is 2.37.